The molecule has 1 spiro atoms. The molecule has 5 rings (SSSR count). The average Bonchev–Trinajstić information content (AvgIpc) is 3.21. The molecule has 1 aromatic rings. The van der Waals surface area contributed by atoms with Crippen LogP contribution in [-0.4, -0.2) is 64.2 Å². The van der Waals surface area contributed by atoms with Crippen LogP contribution >= 0.6 is 11.8 Å². The maximum atomic E-state index is 12.9. The number of nitrogens with one attached hydrogen (secondary N) is 3. The van der Waals surface area contributed by atoms with Crippen LogP contribution in [0.2, 0.25) is 0 Å². The Labute approximate surface area is 172 Å². The molecule has 1 aromatic carbocycles. The maximum absolute atomic E-state index is 12.9. The second kappa shape index (κ2) is 6.93. The zero-order valence-electron chi connectivity index (χ0n) is 15.8. The van der Waals surface area contributed by atoms with Gasteiger partial charge in [-0.05, 0) is 36.3 Å². The number of nitrogens with zero attached hydrogens (tertiary/aromatic N) is 1. The number of carbonyl (C=O) groups excluding carboxylic acids is 4. The van der Waals surface area contributed by atoms with Gasteiger partial charge in [0.1, 0.15) is 6.04 Å². The average molecular weight is 414 g/mol. The third-order valence-electron chi connectivity index (χ3n) is 6.34. The van der Waals surface area contributed by atoms with Crippen LogP contribution in [0.15, 0.2) is 18.2 Å². The summed E-state index contributed by atoms with van der Waals surface area (Å²) >= 11 is 2.02. The molecule has 3 fully saturated rings. The number of hydrogen-bond donors (Lipinski definition) is 3. The van der Waals surface area contributed by atoms with Gasteiger partial charge in [0, 0.05) is 32.1 Å². The number of piperidine rings is 1. The highest BCUT2D eigenvalue weighted by Gasteiger charge is 2.48. The lowest BCUT2D eigenvalue weighted by Crippen LogP contribution is -2.64. The molecule has 3 saturated heterocycles. The molecular weight excluding hydrogens is 392 g/mol. The van der Waals surface area contributed by atoms with Crippen molar-refractivity contribution in [2.45, 2.75) is 42.6 Å². The standard InChI is InChI=1S/C20H22N4O4S/c25-16-4-3-14(17(26)23-16)24-18(27)12-2-1-11(7-13(12)19(24)28)8-22-15-5-6-29-20(15)9-21-10-20/h1-2,7,14-15,21-22H,3-6,8-10H2,(H,23,25,26). The smallest absolute Gasteiger partial charge is 0.262 e. The van der Waals surface area contributed by atoms with E-state index < -0.39 is 23.8 Å². The zero-order chi connectivity index (χ0) is 20.2. The summed E-state index contributed by atoms with van der Waals surface area (Å²) < 4.78 is 0.283. The number of rotatable bonds is 4. The van der Waals surface area contributed by atoms with Gasteiger partial charge < -0.3 is 10.6 Å². The van der Waals surface area contributed by atoms with Crippen molar-refractivity contribution in [3.8, 4) is 0 Å². The lowest BCUT2D eigenvalue weighted by molar-refractivity contribution is -0.136. The van der Waals surface area contributed by atoms with Gasteiger partial charge in [0.15, 0.2) is 0 Å². The molecule has 0 bridgehead atoms. The summed E-state index contributed by atoms with van der Waals surface area (Å²) in [5.41, 5.74) is 1.59. The molecule has 3 N–H and O–H groups in total. The van der Waals surface area contributed by atoms with Crippen molar-refractivity contribution in [2.75, 3.05) is 18.8 Å². The molecule has 2 atom stereocenters. The first kappa shape index (κ1) is 18.8. The molecular formula is C20H22N4O4S. The molecule has 4 heterocycles. The van der Waals surface area contributed by atoms with Crippen molar-refractivity contribution in [3.63, 3.8) is 0 Å². The summed E-state index contributed by atoms with van der Waals surface area (Å²) in [6, 6.07) is 4.78. The van der Waals surface area contributed by atoms with Gasteiger partial charge in [0.05, 0.1) is 15.9 Å². The number of hydrogen-bond acceptors (Lipinski definition) is 7. The summed E-state index contributed by atoms with van der Waals surface area (Å²) in [5.74, 6) is -0.739. The molecule has 2 unspecified atom stereocenters. The molecule has 29 heavy (non-hydrogen) atoms. The van der Waals surface area contributed by atoms with Crippen molar-refractivity contribution in [3.05, 3.63) is 34.9 Å². The Morgan fingerprint density at radius 3 is 2.62 bits per heavy atom. The van der Waals surface area contributed by atoms with E-state index in [0.29, 0.717) is 23.7 Å². The van der Waals surface area contributed by atoms with Crippen LogP contribution in [0.3, 0.4) is 0 Å². The van der Waals surface area contributed by atoms with Gasteiger partial charge in [0.25, 0.3) is 11.8 Å². The third kappa shape index (κ3) is 2.99. The normalized spacial score (nSPS) is 27.9. The summed E-state index contributed by atoms with van der Waals surface area (Å²) in [6.45, 7) is 2.67. The van der Waals surface area contributed by atoms with Gasteiger partial charge >= 0.3 is 0 Å². The monoisotopic (exact) mass is 414 g/mol. The summed E-state index contributed by atoms with van der Waals surface area (Å²) in [4.78, 5) is 50.2. The minimum Gasteiger partial charge on any atom is -0.314 e. The molecule has 4 aliphatic heterocycles. The summed E-state index contributed by atoms with van der Waals surface area (Å²) in [7, 11) is 0. The van der Waals surface area contributed by atoms with E-state index in [0.717, 1.165) is 35.7 Å². The topological polar surface area (TPSA) is 108 Å². The lowest BCUT2D eigenvalue weighted by atomic mass is 9.91. The quantitative estimate of drug-likeness (QED) is 0.597. The predicted molar refractivity (Wildman–Crippen MR) is 106 cm³/mol. The van der Waals surface area contributed by atoms with Crippen LogP contribution in [-0.2, 0) is 16.1 Å². The highest BCUT2D eigenvalue weighted by atomic mass is 32.2. The van der Waals surface area contributed by atoms with Crippen LogP contribution in [0.1, 0.15) is 45.5 Å². The Balaban J connectivity index is 1.32. The van der Waals surface area contributed by atoms with E-state index in [9.17, 15) is 19.2 Å². The van der Waals surface area contributed by atoms with E-state index in [4.69, 9.17) is 0 Å². The van der Waals surface area contributed by atoms with E-state index in [1.807, 2.05) is 17.8 Å². The first-order valence-corrected chi connectivity index (χ1v) is 10.9. The fraction of sp³-hybridized carbons (Fsp3) is 0.500. The Kier molecular flexibility index (Phi) is 4.49. The van der Waals surface area contributed by atoms with Crippen LogP contribution in [0.5, 0.6) is 0 Å². The van der Waals surface area contributed by atoms with Crippen LogP contribution in [0.4, 0.5) is 0 Å². The van der Waals surface area contributed by atoms with Crippen molar-refractivity contribution < 1.29 is 19.2 Å². The molecule has 0 radical (unpaired) electrons. The van der Waals surface area contributed by atoms with Gasteiger partial charge in [-0.25, -0.2) is 0 Å². The Morgan fingerprint density at radius 2 is 1.90 bits per heavy atom. The summed E-state index contributed by atoms with van der Waals surface area (Å²) in [5, 5.41) is 9.19. The Hall–Kier alpha value is -2.23. The van der Waals surface area contributed by atoms with E-state index in [2.05, 4.69) is 16.0 Å². The minimum absolute atomic E-state index is 0.120. The number of thioether (sulfide) groups is 1. The van der Waals surface area contributed by atoms with E-state index in [1.165, 1.54) is 0 Å². The van der Waals surface area contributed by atoms with Gasteiger partial charge in [0.2, 0.25) is 11.8 Å². The number of carbonyl (C=O) groups is 4. The van der Waals surface area contributed by atoms with Crippen molar-refractivity contribution in [1.29, 1.82) is 0 Å². The Morgan fingerprint density at radius 1 is 1.10 bits per heavy atom. The number of fused-ring (bicyclic) bond motifs is 1. The largest absolute Gasteiger partial charge is 0.314 e. The van der Waals surface area contributed by atoms with Gasteiger partial charge in [-0.15, -0.1) is 0 Å². The highest BCUT2D eigenvalue weighted by molar-refractivity contribution is 8.01. The molecule has 0 aromatic heterocycles. The van der Waals surface area contributed by atoms with Crippen molar-refractivity contribution >= 4 is 35.4 Å². The molecule has 0 aliphatic carbocycles. The van der Waals surface area contributed by atoms with Crippen molar-refractivity contribution in [2.24, 2.45) is 0 Å². The second-order valence-corrected chi connectivity index (χ2v) is 9.58. The second-order valence-electron chi connectivity index (χ2n) is 8.07. The molecule has 9 heteroatoms. The highest BCUT2D eigenvalue weighted by Crippen LogP contribution is 2.41. The molecule has 0 saturated carbocycles. The third-order valence-corrected chi connectivity index (χ3v) is 7.92. The Bertz CT molecular complexity index is 929. The minimum atomic E-state index is -0.928. The molecule has 4 aliphatic rings. The van der Waals surface area contributed by atoms with Crippen LogP contribution in [0, 0.1) is 0 Å². The van der Waals surface area contributed by atoms with Gasteiger partial charge in [-0.2, -0.15) is 11.8 Å². The first-order chi connectivity index (χ1) is 14.0. The fourth-order valence-electron chi connectivity index (χ4n) is 4.62. The predicted octanol–water partition coefficient (Wildman–Crippen LogP) is 0.0249. The molecule has 8 nitrogen and oxygen atoms in total. The number of imide groups is 2. The van der Waals surface area contributed by atoms with E-state index in [1.54, 1.807) is 12.1 Å². The molecule has 4 amide bonds. The van der Waals surface area contributed by atoms with Gasteiger partial charge in [-0.3, -0.25) is 29.4 Å². The van der Waals surface area contributed by atoms with Gasteiger partial charge in [-0.1, -0.05) is 6.07 Å². The number of amides is 4. The van der Waals surface area contributed by atoms with Crippen LogP contribution in [0.25, 0.3) is 0 Å². The fourth-order valence-corrected chi connectivity index (χ4v) is 6.19. The summed E-state index contributed by atoms with van der Waals surface area (Å²) in [6.07, 6.45) is 1.41. The lowest BCUT2D eigenvalue weighted by Gasteiger charge is -2.43. The molecule has 152 valence electrons. The SMILES string of the molecule is O=C1CCC(N2C(=O)c3ccc(CNC4CCSC45CNC5)cc3C2=O)C(=O)N1. The van der Waals surface area contributed by atoms with Crippen molar-refractivity contribution in [1.82, 2.24) is 20.9 Å². The van der Waals surface area contributed by atoms with Crippen LogP contribution < -0.4 is 16.0 Å². The maximum Gasteiger partial charge on any atom is 0.262 e. The number of benzene rings is 1. The zero-order valence-corrected chi connectivity index (χ0v) is 16.6. The van der Waals surface area contributed by atoms with E-state index in [-0.39, 0.29) is 23.5 Å². The first-order valence-electron chi connectivity index (χ1n) is 9.91. The van der Waals surface area contributed by atoms with E-state index >= 15 is 0 Å².